The van der Waals surface area contributed by atoms with E-state index in [1.807, 2.05) is 0 Å². The van der Waals surface area contributed by atoms with Crippen LogP contribution in [0.3, 0.4) is 0 Å². The van der Waals surface area contributed by atoms with Crippen molar-refractivity contribution in [2.45, 2.75) is 18.9 Å². The molecule has 0 bridgehead atoms. The molecule has 1 fully saturated rings. The molecule has 0 aromatic carbocycles. The molecule has 0 atom stereocenters. The summed E-state index contributed by atoms with van der Waals surface area (Å²) in [5.41, 5.74) is 0. The summed E-state index contributed by atoms with van der Waals surface area (Å²) in [5.74, 6) is 0.709. The van der Waals surface area contributed by atoms with Crippen molar-refractivity contribution in [3.8, 4) is 11.6 Å². The third-order valence-electron chi connectivity index (χ3n) is 1.60. The molecule has 1 aliphatic carbocycles. The van der Waals surface area contributed by atoms with Gasteiger partial charge in [-0.15, -0.1) is 0 Å². The van der Waals surface area contributed by atoms with Gasteiger partial charge in [-0.2, -0.15) is 0 Å². The van der Waals surface area contributed by atoms with Crippen molar-refractivity contribution in [1.29, 1.82) is 0 Å². The van der Waals surface area contributed by atoms with Gasteiger partial charge in [0, 0.05) is 6.07 Å². The first-order valence-electron chi connectivity index (χ1n) is 3.77. The van der Waals surface area contributed by atoms with Crippen LogP contribution >= 0.6 is 15.9 Å². The lowest BCUT2D eigenvalue weighted by atomic mass is 10.4. The van der Waals surface area contributed by atoms with Gasteiger partial charge in [-0.1, -0.05) is 0 Å². The molecule has 0 unspecified atom stereocenters. The summed E-state index contributed by atoms with van der Waals surface area (Å²) in [7, 11) is 0. The number of rotatable bonds is 2. The largest absolute Gasteiger partial charge is 0.506 e. The third kappa shape index (κ3) is 1.69. The molecule has 1 N–H and O–H groups in total. The molecule has 0 spiro atoms. The van der Waals surface area contributed by atoms with Crippen LogP contribution in [-0.4, -0.2) is 16.2 Å². The molecule has 1 aromatic heterocycles. The van der Waals surface area contributed by atoms with Crippen LogP contribution in [0.1, 0.15) is 12.8 Å². The Morgan fingerprint density at radius 1 is 1.58 bits per heavy atom. The highest BCUT2D eigenvalue weighted by Gasteiger charge is 2.24. The Balaban J connectivity index is 2.18. The summed E-state index contributed by atoms with van der Waals surface area (Å²) in [6.45, 7) is 0. The highest BCUT2D eigenvalue weighted by Crippen LogP contribution is 2.31. The molecule has 0 amide bonds. The average Bonchev–Trinajstić information content (AvgIpc) is 2.79. The minimum absolute atomic E-state index is 0.144. The highest BCUT2D eigenvalue weighted by molar-refractivity contribution is 9.10. The van der Waals surface area contributed by atoms with Crippen LogP contribution in [0.15, 0.2) is 16.7 Å². The molecule has 1 saturated carbocycles. The van der Waals surface area contributed by atoms with Crippen molar-refractivity contribution in [3.63, 3.8) is 0 Å². The lowest BCUT2D eigenvalue weighted by molar-refractivity contribution is 0.288. The third-order valence-corrected chi connectivity index (χ3v) is 2.16. The number of ether oxygens (including phenoxy) is 1. The Morgan fingerprint density at radius 2 is 2.33 bits per heavy atom. The van der Waals surface area contributed by atoms with Crippen molar-refractivity contribution in [1.82, 2.24) is 4.98 Å². The summed E-state index contributed by atoms with van der Waals surface area (Å²) in [4.78, 5) is 3.94. The van der Waals surface area contributed by atoms with Gasteiger partial charge in [0.05, 0.1) is 10.7 Å². The van der Waals surface area contributed by atoms with Gasteiger partial charge in [0.2, 0.25) is 5.88 Å². The molecular weight excluding hydrogens is 222 g/mol. The number of hydrogen-bond acceptors (Lipinski definition) is 3. The Morgan fingerprint density at radius 3 is 2.92 bits per heavy atom. The number of nitrogens with zero attached hydrogens (tertiary/aromatic N) is 1. The van der Waals surface area contributed by atoms with E-state index in [1.54, 1.807) is 6.07 Å². The minimum atomic E-state index is 0.144. The predicted molar refractivity (Wildman–Crippen MR) is 47.3 cm³/mol. The summed E-state index contributed by atoms with van der Waals surface area (Å²) in [5, 5.41) is 9.04. The molecule has 0 radical (unpaired) electrons. The van der Waals surface area contributed by atoms with Crippen molar-refractivity contribution < 1.29 is 9.84 Å². The van der Waals surface area contributed by atoms with E-state index >= 15 is 0 Å². The summed E-state index contributed by atoms with van der Waals surface area (Å²) < 4.78 is 6.15. The van der Waals surface area contributed by atoms with Crippen molar-refractivity contribution in [2.24, 2.45) is 0 Å². The standard InChI is InChI=1S/C8H8BrNO2/c9-7-3-5(11)4-10-8(7)12-6-1-2-6/h3-4,6,11H,1-2H2. The van der Waals surface area contributed by atoms with Gasteiger partial charge in [-0.3, -0.25) is 0 Å². The average molecular weight is 230 g/mol. The molecule has 1 aliphatic rings. The number of halogens is 1. The van der Waals surface area contributed by atoms with E-state index in [2.05, 4.69) is 20.9 Å². The second-order valence-electron chi connectivity index (χ2n) is 2.80. The maximum Gasteiger partial charge on any atom is 0.228 e. The van der Waals surface area contributed by atoms with Gasteiger partial charge in [0.15, 0.2) is 0 Å². The topological polar surface area (TPSA) is 42.4 Å². The van der Waals surface area contributed by atoms with Crippen molar-refractivity contribution in [3.05, 3.63) is 16.7 Å². The van der Waals surface area contributed by atoms with E-state index in [9.17, 15) is 0 Å². The molecule has 12 heavy (non-hydrogen) atoms. The van der Waals surface area contributed by atoms with E-state index in [4.69, 9.17) is 9.84 Å². The first kappa shape index (κ1) is 7.86. The molecule has 64 valence electrons. The highest BCUT2D eigenvalue weighted by atomic mass is 79.9. The molecular formula is C8H8BrNO2. The maximum absolute atomic E-state index is 9.04. The van der Waals surface area contributed by atoms with Gasteiger partial charge >= 0.3 is 0 Å². The fourth-order valence-corrected chi connectivity index (χ4v) is 1.28. The van der Waals surface area contributed by atoms with Crippen LogP contribution < -0.4 is 4.74 Å². The van der Waals surface area contributed by atoms with Gasteiger partial charge < -0.3 is 9.84 Å². The maximum atomic E-state index is 9.04. The van der Waals surface area contributed by atoms with Gasteiger partial charge in [-0.25, -0.2) is 4.98 Å². The van der Waals surface area contributed by atoms with Gasteiger partial charge in [0.25, 0.3) is 0 Å². The fourth-order valence-electron chi connectivity index (χ4n) is 0.846. The number of aromatic hydroxyl groups is 1. The minimum Gasteiger partial charge on any atom is -0.506 e. The van der Waals surface area contributed by atoms with Crippen LogP contribution in [0.2, 0.25) is 0 Å². The first-order valence-corrected chi connectivity index (χ1v) is 4.56. The first-order chi connectivity index (χ1) is 5.75. The van der Waals surface area contributed by atoms with E-state index in [0.717, 1.165) is 12.8 Å². The lowest BCUT2D eigenvalue weighted by Crippen LogP contribution is -1.98. The summed E-state index contributed by atoms with van der Waals surface area (Å²) in [6, 6.07) is 1.57. The molecule has 2 rings (SSSR count). The molecule has 4 heteroatoms. The summed E-state index contributed by atoms with van der Waals surface area (Å²) in [6.07, 6.45) is 3.92. The van der Waals surface area contributed by atoms with Crippen LogP contribution in [0.4, 0.5) is 0 Å². The second kappa shape index (κ2) is 2.94. The van der Waals surface area contributed by atoms with Gasteiger partial charge in [0.1, 0.15) is 11.9 Å². The molecule has 1 aromatic rings. The van der Waals surface area contributed by atoms with Crippen LogP contribution in [0.25, 0.3) is 0 Å². The Bertz CT molecular complexity index is 299. The van der Waals surface area contributed by atoms with Crippen LogP contribution in [0.5, 0.6) is 11.6 Å². The van der Waals surface area contributed by atoms with E-state index in [1.165, 1.54) is 6.20 Å². The second-order valence-corrected chi connectivity index (χ2v) is 3.65. The predicted octanol–water partition coefficient (Wildman–Crippen LogP) is 2.09. The monoisotopic (exact) mass is 229 g/mol. The SMILES string of the molecule is Oc1cnc(OC2CC2)c(Br)c1. The smallest absolute Gasteiger partial charge is 0.228 e. The Hall–Kier alpha value is -0.770. The van der Waals surface area contributed by atoms with Crippen LogP contribution in [0, 0.1) is 0 Å². The quantitative estimate of drug-likeness (QED) is 0.845. The Kier molecular flexibility index (Phi) is 1.92. The van der Waals surface area contributed by atoms with Crippen molar-refractivity contribution >= 4 is 15.9 Å². The van der Waals surface area contributed by atoms with E-state index in [0.29, 0.717) is 16.5 Å². The normalized spacial score (nSPS) is 16.1. The number of hydrogen-bond donors (Lipinski definition) is 1. The van der Waals surface area contributed by atoms with Crippen molar-refractivity contribution in [2.75, 3.05) is 0 Å². The number of aromatic nitrogens is 1. The molecule has 3 nitrogen and oxygen atoms in total. The lowest BCUT2D eigenvalue weighted by Gasteiger charge is -2.04. The Labute approximate surface area is 78.5 Å². The fraction of sp³-hybridized carbons (Fsp3) is 0.375. The van der Waals surface area contributed by atoms with E-state index in [-0.39, 0.29) is 5.75 Å². The molecule has 0 saturated heterocycles. The molecule has 1 heterocycles. The zero-order chi connectivity index (χ0) is 8.55. The zero-order valence-corrected chi connectivity index (χ0v) is 7.91. The summed E-state index contributed by atoms with van der Waals surface area (Å²) >= 11 is 3.26. The molecule has 0 aliphatic heterocycles. The van der Waals surface area contributed by atoms with Gasteiger partial charge in [-0.05, 0) is 28.8 Å². The zero-order valence-electron chi connectivity index (χ0n) is 6.33. The van der Waals surface area contributed by atoms with Crippen LogP contribution in [-0.2, 0) is 0 Å². The van der Waals surface area contributed by atoms with E-state index < -0.39 is 0 Å². The number of pyridine rings is 1.